The van der Waals surface area contributed by atoms with Crippen molar-refractivity contribution in [2.24, 2.45) is 0 Å². The van der Waals surface area contributed by atoms with Gasteiger partial charge in [-0.2, -0.15) is 0 Å². The number of hydrogen-bond acceptors (Lipinski definition) is 3. The number of hydrogen-bond donors (Lipinski definition) is 0. The lowest BCUT2D eigenvalue weighted by Gasteiger charge is -2.09. The summed E-state index contributed by atoms with van der Waals surface area (Å²) < 4.78 is 7.46. The molecule has 5 nitrogen and oxygen atoms in total. The summed E-state index contributed by atoms with van der Waals surface area (Å²) in [4.78, 5) is 10.5. The van der Waals surface area contributed by atoms with Crippen LogP contribution in [0.1, 0.15) is 13.8 Å². The van der Waals surface area contributed by atoms with E-state index in [1.165, 1.54) is 6.07 Å². The van der Waals surface area contributed by atoms with Gasteiger partial charge >= 0.3 is 0 Å². The highest BCUT2D eigenvalue weighted by Gasteiger charge is 2.13. The van der Waals surface area contributed by atoms with Gasteiger partial charge in [-0.1, -0.05) is 6.07 Å². The smallest absolute Gasteiger partial charge is 0.278 e. The number of non-ortho nitro benzene ring substituents is 1. The van der Waals surface area contributed by atoms with E-state index in [4.69, 9.17) is 4.74 Å². The van der Waals surface area contributed by atoms with Gasteiger partial charge in [-0.05, 0) is 26.0 Å². The molecule has 0 spiro atoms. The first kappa shape index (κ1) is 12.6. The fourth-order valence-corrected chi connectivity index (χ4v) is 1.95. The Balaban J connectivity index is 2.26. The van der Waals surface area contributed by atoms with Gasteiger partial charge in [-0.15, -0.1) is 0 Å². The monoisotopic (exact) mass is 248 g/mol. The summed E-state index contributed by atoms with van der Waals surface area (Å²) in [7, 11) is 0. The zero-order valence-corrected chi connectivity index (χ0v) is 10.5. The van der Waals surface area contributed by atoms with Crippen molar-refractivity contribution in [2.45, 2.75) is 26.5 Å². The number of fused-ring (bicyclic) bond motifs is 1. The molecular formula is C13H16N2O3. The van der Waals surface area contributed by atoms with Crippen LogP contribution < -0.4 is 0 Å². The second kappa shape index (κ2) is 5.18. The molecule has 5 heteroatoms. The van der Waals surface area contributed by atoms with E-state index in [-0.39, 0.29) is 16.7 Å². The van der Waals surface area contributed by atoms with Crippen molar-refractivity contribution in [3.63, 3.8) is 0 Å². The minimum absolute atomic E-state index is 0.149. The Labute approximate surface area is 105 Å². The highest BCUT2D eigenvalue weighted by molar-refractivity contribution is 5.89. The van der Waals surface area contributed by atoms with E-state index >= 15 is 0 Å². The topological polar surface area (TPSA) is 57.3 Å². The van der Waals surface area contributed by atoms with Gasteiger partial charge in [0.1, 0.15) is 0 Å². The van der Waals surface area contributed by atoms with Gasteiger partial charge in [0.25, 0.3) is 5.69 Å². The predicted octanol–water partition coefficient (Wildman–Crippen LogP) is 2.97. The number of nitro benzene ring substituents is 1. The van der Waals surface area contributed by atoms with Gasteiger partial charge in [0.05, 0.1) is 28.5 Å². The first-order valence-electron chi connectivity index (χ1n) is 5.93. The Hall–Kier alpha value is -1.88. The van der Waals surface area contributed by atoms with Crippen LogP contribution in [0.4, 0.5) is 5.69 Å². The lowest BCUT2D eigenvalue weighted by molar-refractivity contribution is -0.383. The zero-order valence-electron chi connectivity index (χ0n) is 10.5. The summed E-state index contributed by atoms with van der Waals surface area (Å²) in [5.41, 5.74) is 1.02. The summed E-state index contributed by atoms with van der Waals surface area (Å²) in [6, 6.07) is 6.90. The molecule has 0 N–H and O–H groups in total. The minimum Gasteiger partial charge on any atom is -0.377 e. The third-order valence-electron chi connectivity index (χ3n) is 2.77. The van der Waals surface area contributed by atoms with Gasteiger partial charge in [-0.25, -0.2) is 0 Å². The molecule has 0 atom stereocenters. The molecule has 18 heavy (non-hydrogen) atoms. The fourth-order valence-electron chi connectivity index (χ4n) is 1.95. The SMILES string of the molecule is CC(C)OCCn1ccc2c([N+](=O)[O-])cccc21. The van der Waals surface area contributed by atoms with Gasteiger partial charge in [0.15, 0.2) is 0 Å². The van der Waals surface area contributed by atoms with Crippen molar-refractivity contribution in [3.05, 3.63) is 40.6 Å². The molecular weight excluding hydrogens is 232 g/mol. The maximum absolute atomic E-state index is 10.9. The molecule has 0 saturated carbocycles. The number of rotatable bonds is 5. The molecule has 0 aliphatic carbocycles. The average molecular weight is 248 g/mol. The zero-order chi connectivity index (χ0) is 13.1. The van der Waals surface area contributed by atoms with Crippen molar-refractivity contribution in [2.75, 3.05) is 6.61 Å². The molecule has 2 aromatic rings. The van der Waals surface area contributed by atoms with Crippen LogP contribution in [0.25, 0.3) is 10.9 Å². The van der Waals surface area contributed by atoms with Crippen LogP contribution in [0.15, 0.2) is 30.5 Å². The quantitative estimate of drug-likeness (QED) is 0.603. The lowest BCUT2D eigenvalue weighted by atomic mass is 10.2. The van der Waals surface area contributed by atoms with E-state index in [0.717, 1.165) is 5.52 Å². The number of aromatic nitrogens is 1. The second-order valence-electron chi connectivity index (χ2n) is 4.40. The van der Waals surface area contributed by atoms with E-state index in [1.54, 1.807) is 12.1 Å². The van der Waals surface area contributed by atoms with Crippen molar-refractivity contribution in [1.29, 1.82) is 0 Å². The van der Waals surface area contributed by atoms with E-state index in [9.17, 15) is 10.1 Å². The van der Waals surface area contributed by atoms with Gasteiger partial charge in [-0.3, -0.25) is 10.1 Å². The van der Waals surface area contributed by atoms with Crippen LogP contribution in [-0.2, 0) is 11.3 Å². The minimum atomic E-state index is -0.350. The maximum atomic E-state index is 10.9. The molecule has 0 saturated heterocycles. The number of nitrogens with zero attached hydrogens (tertiary/aromatic N) is 2. The molecule has 2 rings (SSSR count). The number of ether oxygens (including phenoxy) is 1. The predicted molar refractivity (Wildman–Crippen MR) is 69.7 cm³/mol. The molecule has 0 aliphatic heterocycles. The molecule has 96 valence electrons. The molecule has 0 fully saturated rings. The van der Waals surface area contributed by atoms with E-state index in [1.807, 2.05) is 30.7 Å². The molecule has 0 unspecified atom stereocenters. The van der Waals surface area contributed by atoms with Crippen LogP contribution >= 0.6 is 0 Å². The maximum Gasteiger partial charge on any atom is 0.278 e. The molecule has 0 bridgehead atoms. The van der Waals surface area contributed by atoms with Crippen LogP contribution in [0.5, 0.6) is 0 Å². The van der Waals surface area contributed by atoms with Crippen LogP contribution in [0.3, 0.4) is 0 Å². The second-order valence-corrected chi connectivity index (χ2v) is 4.40. The summed E-state index contributed by atoms with van der Waals surface area (Å²) in [5.74, 6) is 0. The Kier molecular flexibility index (Phi) is 3.62. The molecule has 1 aromatic carbocycles. The van der Waals surface area contributed by atoms with Crippen molar-refractivity contribution >= 4 is 16.6 Å². The molecule has 1 aromatic heterocycles. The summed E-state index contributed by atoms with van der Waals surface area (Å²) in [6.45, 7) is 5.27. The number of nitro groups is 1. The molecule has 0 radical (unpaired) electrons. The highest BCUT2D eigenvalue weighted by atomic mass is 16.6. The largest absolute Gasteiger partial charge is 0.377 e. The van der Waals surface area contributed by atoms with E-state index in [0.29, 0.717) is 18.5 Å². The Morgan fingerprint density at radius 2 is 2.17 bits per heavy atom. The van der Waals surface area contributed by atoms with E-state index in [2.05, 4.69) is 0 Å². The van der Waals surface area contributed by atoms with Gasteiger partial charge in [0.2, 0.25) is 0 Å². The average Bonchev–Trinajstić information content (AvgIpc) is 2.72. The van der Waals surface area contributed by atoms with E-state index < -0.39 is 0 Å². The molecule has 1 heterocycles. The Morgan fingerprint density at radius 1 is 1.39 bits per heavy atom. The molecule has 0 aliphatic rings. The lowest BCUT2D eigenvalue weighted by Crippen LogP contribution is -2.09. The highest BCUT2D eigenvalue weighted by Crippen LogP contribution is 2.26. The van der Waals surface area contributed by atoms with Gasteiger partial charge < -0.3 is 9.30 Å². The summed E-state index contributed by atoms with van der Waals surface area (Å²) in [5, 5.41) is 11.6. The third kappa shape index (κ3) is 2.51. The first-order chi connectivity index (χ1) is 8.59. The normalized spacial score (nSPS) is 11.3. The Bertz CT molecular complexity index is 560. The standard InChI is InChI=1S/C13H16N2O3/c1-10(2)18-9-8-14-7-6-11-12(14)4-3-5-13(11)15(16)17/h3-7,10H,8-9H2,1-2H3. The Morgan fingerprint density at radius 3 is 2.83 bits per heavy atom. The van der Waals surface area contributed by atoms with Crippen molar-refractivity contribution in [1.82, 2.24) is 4.57 Å². The summed E-state index contributed by atoms with van der Waals surface area (Å²) in [6.07, 6.45) is 2.06. The van der Waals surface area contributed by atoms with Crippen molar-refractivity contribution in [3.8, 4) is 0 Å². The summed E-state index contributed by atoms with van der Waals surface area (Å²) >= 11 is 0. The fraction of sp³-hybridized carbons (Fsp3) is 0.385. The first-order valence-corrected chi connectivity index (χ1v) is 5.93. The van der Waals surface area contributed by atoms with Crippen LogP contribution in [0, 0.1) is 10.1 Å². The van der Waals surface area contributed by atoms with Gasteiger partial charge in [0, 0.05) is 18.8 Å². The number of benzene rings is 1. The van der Waals surface area contributed by atoms with Crippen molar-refractivity contribution < 1.29 is 9.66 Å². The van der Waals surface area contributed by atoms with Crippen LogP contribution in [-0.4, -0.2) is 22.2 Å². The third-order valence-corrected chi connectivity index (χ3v) is 2.77. The molecule has 0 amide bonds. The van der Waals surface area contributed by atoms with Crippen LogP contribution in [0.2, 0.25) is 0 Å².